The van der Waals surface area contributed by atoms with E-state index < -0.39 is 0 Å². The summed E-state index contributed by atoms with van der Waals surface area (Å²) < 4.78 is 5.22. The summed E-state index contributed by atoms with van der Waals surface area (Å²) in [5, 5.41) is 5.32. The van der Waals surface area contributed by atoms with Gasteiger partial charge in [0.25, 0.3) is 5.91 Å². The van der Waals surface area contributed by atoms with Crippen molar-refractivity contribution in [1.82, 2.24) is 5.32 Å². The van der Waals surface area contributed by atoms with Crippen LogP contribution in [-0.2, 0) is 20.9 Å². The van der Waals surface area contributed by atoms with Crippen molar-refractivity contribution in [2.45, 2.75) is 19.9 Å². The number of ketones is 1. The molecule has 0 bridgehead atoms. The zero-order valence-electron chi connectivity index (χ0n) is 10.5. The maximum absolute atomic E-state index is 11.3. The van der Waals surface area contributed by atoms with Crippen molar-refractivity contribution in [3.8, 4) is 5.75 Å². The molecule has 2 N–H and O–H groups in total. The Morgan fingerprint density at radius 3 is 2.95 bits per heavy atom. The molecule has 6 heteroatoms. The van der Waals surface area contributed by atoms with Crippen LogP contribution in [0.5, 0.6) is 5.75 Å². The van der Waals surface area contributed by atoms with Gasteiger partial charge in [0.15, 0.2) is 6.61 Å². The summed E-state index contributed by atoms with van der Waals surface area (Å²) in [6, 6.07) is 5.27. The van der Waals surface area contributed by atoms with Gasteiger partial charge in [0.05, 0.1) is 12.1 Å². The van der Waals surface area contributed by atoms with Crippen molar-refractivity contribution >= 4 is 23.3 Å². The Labute approximate surface area is 110 Å². The highest BCUT2D eigenvalue weighted by molar-refractivity contribution is 5.97. The number of ether oxygens (including phenoxy) is 1. The largest absolute Gasteiger partial charge is 0.482 e. The summed E-state index contributed by atoms with van der Waals surface area (Å²) in [4.78, 5) is 33.3. The minimum Gasteiger partial charge on any atom is -0.482 e. The second-order valence-electron chi connectivity index (χ2n) is 4.32. The average Bonchev–Trinajstić information content (AvgIpc) is 2.35. The highest BCUT2D eigenvalue weighted by atomic mass is 16.5. The number of fused-ring (bicyclic) bond motifs is 1. The molecule has 0 aliphatic carbocycles. The first-order chi connectivity index (χ1) is 9.04. The zero-order valence-corrected chi connectivity index (χ0v) is 10.5. The minimum absolute atomic E-state index is 0.0156. The first-order valence-corrected chi connectivity index (χ1v) is 5.86. The fraction of sp³-hybridized carbons (Fsp3) is 0.308. The van der Waals surface area contributed by atoms with Crippen LogP contribution in [0.4, 0.5) is 5.69 Å². The van der Waals surface area contributed by atoms with E-state index in [1.165, 1.54) is 6.92 Å². The van der Waals surface area contributed by atoms with Gasteiger partial charge in [-0.05, 0) is 24.6 Å². The van der Waals surface area contributed by atoms with Gasteiger partial charge in [0.1, 0.15) is 11.5 Å². The third-order valence-electron chi connectivity index (χ3n) is 2.58. The molecule has 2 amide bonds. The fourth-order valence-corrected chi connectivity index (χ4v) is 1.73. The normalized spacial score (nSPS) is 13.0. The molecule has 1 heterocycles. The Kier molecular flexibility index (Phi) is 3.79. The van der Waals surface area contributed by atoms with Crippen LogP contribution in [0, 0.1) is 0 Å². The molecule has 6 nitrogen and oxygen atoms in total. The number of amides is 2. The molecule has 1 aliphatic rings. The van der Waals surface area contributed by atoms with Crippen LogP contribution >= 0.6 is 0 Å². The predicted molar refractivity (Wildman–Crippen MR) is 67.7 cm³/mol. The molecule has 0 spiro atoms. The molecule has 19 heavy (non-hydrogen) atoms. The standard InChI is InChI=1S/C13H14N2O4/c1-8(16)4-12(17)14-6-9-2-3-11-10(5-9)15-13(18)7-19-11/h2-3,5H,4,6-7H2,1H3,(H,14,17)(H,15,18). The number of carbonyl (C=O) groups excluding carboxylic acids is 3. The van der Waals surface area contributed by atoms with Crippen LogP contribution in [0.2, 0.25) is 0 Å². The minimum atomic E-state index is -0.314. The van der Waals surface area contributed by atoms with Gasteiger partial charge in [-0.2, -0.15) is 0 Å². The Morgan fingerprint density at radius 1 is 1.42 bits per heavy atom. The van der Waals surface area contributed by atoms with Crippen molar-refractivity contribution < 1.29 is 19.1 Å². The van der Waals surface area contributed by atoms with Crippen LogP contribution in [0.3, 0.4) is 0 Å². The number of hydrogen-bond acceptors (Lipinski definition) is 4. The third-order valence-corrected chi connectivity index (χ3v) is 2.58. The van der Waals surface area contributed by atoms with Gasteiger partial charge in [-0.1, -0.05) is 6.07 Å². The Bertz CT molecular complexity index is 539. The molecular weight excluding hydrogens is 248 g/mol. The molecule has 0 saturated carbocycles. The van der Waals surface area contributed by atoms with E-state index in [0.717, 1.165) is 5.56 Å². The first-order valence-electron chi connectivity index (χ1n) is 5.86. The fourth-order valence-electron chi connectivity index (χ4n) is 1.73. The highest BCUT2D eigenvalue weighted by Crippen LogP contribution is 2.28. The van der Waals surface area contributed by atoms with Gasteiger partial charge >= 0.3 is 0 Å². The summed E-state index contributed by atoms with van der Waals surface area (Å²) in [5.74, 6) is -0.0854. The van der Waals surface area contributed by atoms with Gasteiger partial charge in [0.2, 0.25) is 5.91 Å². The Hall–Kier alpha value is -2.37. The van der Waals surface area contributed by atoms with E-state index in [1.54, 1.807) is 18.2 Å². The van der Waals surface area contributed by atoms with Crippen LogP contribution in [0.25, 0.3) is 0 Å². The summed E-state index contributed by atoms with van der Waals surface area (Å²) >= 11 is 0. The predicted octanol–water partition coefficient (Wildman–Crippen LogP) is 0.613. The zero-order chi connectivity index (χ0) is 13.8. The summed E-state index contributed by atoms with van der Waals surface area (Å²) in [6.07, 6.45) is -0.120. The molecule has 0 radical (unpaired) electrons. The van der Waals surface area contributed by atoms with Crippen molar-refractivity contribution in [1.29, 1.82) is 0 Å². The Balaban J connectivity index is 1.98. The molecule has 0 fully saturated rings. The molecule has 1 aliphatic heterocycles. The van der Waals surface area contributed by atoms with Gasteiger partial charge in [-0.3, -0.25) is 14.4 Å². The molecule has 1 aromatic carbocycles. The second-order valence-corrected chi connectivity index (χ2v) is 4.32. The van der Waals surface area contributed by atoms with E-state index in [-0.39, 0.29) is 30.6 Å². The lowest BCUT2D eigenvalue weighted by molar-refractivity contribution is -0.127. The molecule has 0 atom stereocenters. The second kappa shape index (κ2) is 5.51. The van der Waals surface area contributed by atoms with Crippen molar-refractivity contribution in [2.24, 2.45) is 0 Å². The van der Waals surface area contributed by atoms with E-state index in [9.17, 15) is 14.4 Å². The van der Waals surface area contributed by atoms with E-state index in [1.807, 2.05) is 0 Å². The van der Waals surface area contributed by atoms with Gasteiger partial charge in [-0.25, -0.2) is 0 Å². The molecular formula is C13H14N2O4. The van der Waals surface area contributed by atoms with E-state index in [2.05, 4.69) is 10.6 Å². The van der Waals surface area contributed by atoms with Crippen LogP contribution in [0.1, 0.15) is 18.9 Å². The molecule has 1 aromatic rings. The topological polar surface area (TPSA) is 84.5 Å². The van der Waals surface area contributed by atoms with Crippen LogP contribution in [0.15, 0.2) is 18.2 Å². The van der Waals surface area contributed by atoms with Gasteiger partial charge < -0.3 is 15.4 Å². The number of anilines is 1. The molecule has 0 aromatic heterocycles. The Morgan fingerprint density at radius 2 is 2.21 bits per heavy atom. The lowest BCUT2D eigenvalue weighted by Crippen LogP contribution is -2.26. The lowest BCUT2D eigenvalue weighted by Gasteiger charge is -2.18. The maximum atomic E-state index is 11.3. The van der Waals surface area contributed by atoms with Crippen molar-refractivity contribution in [2.75, 3.05) is 11.9 Å². The molecule has 2 rings (SSSR count). The first kappa shape index (κ1) is 13.1. The highest BCUT2D eigenvalue weighted by Gasteiger charge is 2.16. The maximum Gasteiger partial charge on any atom is 0.262 e. The van der Waals surface area contributed by atoms with E-state index in [4.69, 9.17) is 4.74 Å². The number of hydrogen-bond donors (Lipinski definition) is 2. The smallest absolute Gasteiger partial charge is 0.262 e. The number of nitrogens with one attached hydrogen (secondary N) is 2. The SMILES string of the molecule is CC(=O)CC(=O)NCc1ccc2c(c1)NC(=O)CO2. The lowest BCUT2D eigenvalue weighted by atomic mass is 10.1. The molecule has 100 valence electrons. The van der Waals surface area contributed by atoms with Crippen molar-refractivity contribution in [3.63, 3.8) is 0 Å². The summed E-state index contributed by atoms with van der Waals surface area (Å²) in [6.45, 7) is 1.68. The number of rotatable bonds is 4. The summed E-state index contributed by atoms with van der Waals surface area (Å²) in [7, 11) is 0. The van der Waals surface area contributed by atoms with Crippen LogP contribution < -0.4 is 15.4 Å². The van der Waals surface area contributed by atoms with E-state index >= 15 is 0 Å². The number of Topliss-reactive ketones (excluding diaryl/α,β-unsaturated/α-hetero) is 1. The average molecular weight is 262 g/mol. The van der Waals surface area contributed by atoms with Crippen molar-refractivity contribution in [3.05, 3.63) is 23.8 Å². The summed E-state index contributed by atoms with van der Waals surface area (Å²) in [5.41, 5.74) is 1.41. The van der Waals surface area contributed by atoms with Crippen LogP contribution in [-0.4, -0.2) is 24.2 Å². The molecule has 0 unspecified atom stereocenters. The van der Waals surface area contributed by atoms with E-state index in [0.29, 0.717) is 18.0 Å². The number of benzene rings is 1. The van der Waals surface area contributed by atoms with Gasteiger partial charge in [0, 0.05) is 6.54 Å². The third kappa shape index (κ3) is 3.54. The number of carbonyl (C=O) groups is 3. The quantitative estimate of drug-likeness (QED) is 0.779. The molecule has 0 saturated heterocycles. The monoisotopic (exact) mass is 262 g/mol. The van der Waals surface area contributed by atoms with Gasteiger partial charge in [-0.15, -0.1) is 0 Å².